The third-order valence-corrected chi connectivity index (χ3v) is 8.64. The lowest BCUT2D eigenvalue weighted by molar-refractivity contribution is -0.182. The molecule has 0 unspecified atom stereocenters. The van der Waals surface area contributed by atoms with E-state index in [0.29, 0.717) is 65.1 Å². The Morgan fingerprint density at radius 1 is 1.19 bits per heavy atom. The number of imidazole rings is 1. The number of thiophene rings is 1. The molecule has 1 N–H and O–H groups in total. The smallest absolute Gasteiger partial charge is 0.297 e. The van der Waals surface area contributed by atoms with Crippen molar-refractivity contribution < 1.29 is 17.9 Å². The summed E-state index contributed by atoms with van der Waals surface area (Å²) in [6, 6.07) is 8.63. The zero-order chi connectivity index (χ0) is 25.8. The Kier molecular flexibility index (Phi) is 6.18. The Morgan fingerprint density at radius 2 is 2.00 bits per heavy atom. The van der Waals surface area contributed by atoms with E-state index in [4.69, 9.17) is 16.3 Å². The number of ether oxygens (including phenoxy) is 1. The number of nitrogens with one attached hydrogen (secondary N) is 1. The van der Waals surface area contributed by atoms with Crippen LogP contribution in [0.1, 0.15) is 40.4 Å². The fourth-order valence-electron chi connectivity index (χ4n) is 5.23. The first-order valence-electron chi connectivity index (χ1n) is 12.1. The summed E-state index contributed by atoms with van der Waals surface area (Å²) < 4.78 is 51.9. The largest absolute Gasteiger partial charge is 0.363 e. The molecule has 1 fully saturated rings. The van der Waals surface area contributed by atoms with Crippen LogP contribution in [0.4, 0.5) is 13.2 Å². The molecule has 2 aliphatic heterocycles. The van der Waals surface area contributed by atoms with Crippen LogP contribution in [-0.4, -0.2) is 44.3 Å². The third-order valence-electron chi connectivity index (χ3n) is 7.19. The minimum absolute atomic E-state index is 0.0138. The normalized spacial score (nSPS) is 18.8. The quantitative estimate of drug-likeness (QED) is 0.328. The van der Waals surface area contributed by atoms with Gasteiger partial charge in [0.05, 0.1) is 28.5 Å². The van der Waals surface area contributed by atoms with Gasteiger partial charge < -0.3 is 9.72 Å². The van der Waals surface area contributed by atoms with E-state index in [1.165, 1.54) is 17.4 Å². The highest BCUT2D eigenvalue weighted by Gasteiger charge is 2.51. The molecule has 0 amide bonds. The van der Waals surface area contributed by atoms with E-state index in [9.17, 15) is 8.78 Å². The summed E-state index contributed by atoms with van der Waals surface area (Å²) in [5.74, 6) is -2.58. The van der Waals surface area contributed by atoms with Gasteiger partial charge in [0.1, 0.15) is 23.8 Å². The summed E-state index contributed by atoms with van der Waals surface area (Å²) in [5, 5.41) is 4.65. The van der Waals surface area contributed by atoms with Gasteiger partial charge in [0.15, 0.2) is 0 Å². The lowest BCUT2D eigenvalue weighted by Gasteiger charge is -2.45. The maximum Gasteiger partial charge on any atom is 0.297 e. The molecular weight excluding hydrogens is 523 g/mol. The molecule has 4 aromatic rings. The van der Waals surface area contributed by atoms with Crippen LogP contribution in [0.2, 0.25) is 4.34 Å². The van der Waals surface area contributed by atoms with Crippen LogP contribution in [0.3, 0.4) is 0 Å². The summed E-state index contributed by atoms with van der Waals surface area (Å²) in [4.78, 5) is 10.0. The second-order valence-electron chi connectivity index (χ2n) is 9.72. The lowest BCUT2D eigenvalue weighted by Crippen LogP contribution is -2.48. The second kappa shape index (κ2) is 9.27. The molecule has 3 aromatic heterocycles. The van der Waals surface area contributed by atoms with Crippen LogP contribution in [0.25, 0.3) is 11.3 Å². The Hall–Kier alpha value is -2.66. The van der Waals surface area contributed by atoms with Gasteiger partial charge in [-0.05, 0) is 38.0 Å². The van der Waals surface area contributed by atoms with E-state index in [-0.39, 0.29) is 11.4 Å². The van der Waals surface area contributed by atoms with Gasteiger partial charge in [-0.25, -0.2) is 9.37 Å². The van der Waals surface area contributed by atoms with Gasteiger partial charge in [-0.15, -0.1) is 11.3 Å². The van der Waals surface area contributed by atoms with Crippen molar-refractivity contribution in [3.8, 4) is 11.3 Å². The van der Waals surface area contributed by atoms with Crippen LogP contribution >= 0.6 is 22.9 Å². The predicted octanol–water partition coefficient (Wildman–Crippen LogP) is 6.10. The topological polar surface area (TPSA) is 59.0 Å². The molecule has 194 valence electrons. The molecule has 0 saturated carbocycles. The summed E-state index contributed by atoms with van der Waals surface area (Å²) in [6.07, 6.45) is 4.70. The van der Waals surface area contributed by atoms with Crippen LogP contribution in [0, 0.1) is 12.7 Å². The van der Waals surface area contributed by atoms with Gasteiger partial charge in [-0.3, -0.25) is 9.58 Å². The molecule has 5 heterocycles. The number of piperidine rings is 1. The number of fused-ring (bicyclic) bond motifs is 2. The van der Waals surface area contributed by atoms with E-state index in [1.54, 1.807) is 23.0 Å². The number of rotatable bonds is 5. The maximum absolute atomic E-state index is 15.2. The molecule has 1 saturated heterocycles. The fraction of sp³-hybridized carbons (Fsp3) is 0.385. The molecule has 0 atom stereocenters. The number of hydrogen-bond donors (Lipinski definition) is 1. The molecule has 0 radical (unpaired) electrons. The molecule has 0 bridgehead atoms. The van der Waals surface area contributed by atoms with E-state index >= 15 is 4.39 Å². The molecule has 1 aromatic carbocycles. The monoisotopic (exact) mass is 547 g/mol. The standard InChI is InChI=1S/C26H25ClF3N5OS/c1-16-31-12-21(32-16)19-4-2-3-17(23(19)28)13-35-8-5-18(33-35)14-34-9-6-25(7-10-34)24-20(11-22(27)37-24)26(29,30)15-36-25/h2-5,8,11-12H,6-7,9-10,13-15H2,1H3,(H,31,32). The molecular formula is C26H25ClF3N5OS. The highest BCUT2D eigenvalue weighted by molar-refractivity contribution is 7.16. The minimum atomic E-state index is -3.01. The summed E-state index contributed by atoms with van der Waals surface area (Å²) >= 11 is 7.31. The van der Waals surface area contributed by atoms with Crippen molar-refractivity contribution in [1.29, 1.82) is 0 Å². The third kappa shape index (κ3) is 4.60. The number of H-pyrrole nitrogens is 1. The lowest BCUT2D eigenvalue weighted by atomic mass is 9.84. The van der Waals surface area contributed by atoms with E-state index < -0.39 is 18.1 Å². The fourth-order valence-corrected chi connectivity index (χ4v) is 6.71. The number of benzene rings is 1. The predicted molar refractivity (Wildman–Crippen MR) is 135 cm³/mol. The van der Waals surface area contributed by atoms with Crippen LogP contribution in [0.15, 0.2) is 42.7 Å². The van der Waals surface area contributed by atoms with Gasteiger partial charge in [-0.2, -0.15) is 13.9 Å². The number of aromatic amines is 1. The molecule has 11 heteroatoms. The number of likely N-dealkylation sites (tertiary alicyclic amines) is 1. The molecule has 0 aliphatic carbocycles. The van der Waals surface area contributed by atoms with Crippen molar-refractivity contribution in [3.05, 3.63) is 80.4 Å². The van der Waals surface area contributed by atoms with Gasteiger partial charge in [0.2, 0.25) is 0 Å². The SMILES string of the molecule is Cc1ncc(-c2cccc(Cn3ccc(CN4CCC5(CC4)OCC(F)(F)c4cc(Cl)sc45)n3)c2F)[nH]1. The molecule has 37 heavy (non-hydrogen) atoms. The second-order valence-corrected chi connectivity index (χ2v) is 11.4. The Morgan fingerprint density at radius 3 is 2.76 bits per heavy atom. The van der Waals surface area contributed by atoms with E-state index in [1.807, 2.05) is 25.3 Å². The van der Waals surface area contributed by atoms with Crippen molar-refractivity contribution in [3.63, 3.8) is 0 Å². The summed E-state index contributed by atoms with van der Waals surface area (Å²) in [7, 11) is 0. The first-order chi connectivity index (χ1) is 17.7. The van der Waals surface area contributed by atoms with Crippen molar-refractivity contribution in [2.45, 2.75) is 44.4 Å². The van der Waals surface area contributed by atoms with Crippen LogP contribution in [0.5, 0.6) is 0 Å². The van der Waals surface area contributed by atoms with Crippen molar-refractivity contribution in [1.82, 2.24) is 24.6 Å². The molecule has 6 rings (SSSR count). The molecule has 1 spiro atoms. The first kappa shape index (κ1) is 24.7. The number of alkyl halides is 2. The Labute approximate surface area is 221 Å². The molecule has 6 nitrogen and oxygen atoms in total. The number of aromatic nitrogens is 4. The number of nitrogens with zero attached hydrogens (tertiary/aromatic N) is 4. The molecule has 2 aliphatic rings. The zero-order valence-electron chi connectivity index (χ0n) is 20.1. The zero-order valence-corrected chi connectivity index (χ0v) is 21.7. The van der Waals surface area contributed by atoms with E-state index in [2.05, 4.69) is 20.0 Å². The minimum Gasteiger partial charge on any atom is -0.363 e. The number of aryl methyl sites for hydroxylation is 1. The highest BCUT2D eigenvalue weighted by atomic mass is 35.5. The van der Waals surface area contributed by atoms with E-state index in [0.717, 1.165) is 11.5 Å². The summed E-state index contributed by atoms with van der Waals surface area (Å²) in [5.41, 5.74) is 1.83. The van der Waals surface area contributed by atoms with Crippen molar-refractivity contribution in [2.24, 2.45) is 0 Å². The number of halogens is 4. The maximum atomic E-state index is 15.2. The first-order valence-corrected chi connectivity index (χ1v) is 13.3. The summed E-state index contributed by atoms with van der Waals surface area (Å²) in [6.45, 7) is 3.51. The van der Waals surface area contributed by atoms with Crippen LogP contribution < -0.4 is 0 Å². The van der Waals surface area contributed by atoms with Gasteiger partial charge in [-0.1, -0.05) is 23.7 Å². The van der Waals surface area contributed by atoms with Crippen molar-refractivity contribution in [2.75, 3.05) is 19.7 Å². The average molecular weight is 548 g/mol. The van der Waals surface area contributed by atoms with Gasteiger partial charge in [0, 0.05) is 47.4 Å². The average Bonchev–Trinajstić information content (AvgIpc) is 3.60. The van der Waals surface area contributed by atoms with Gasteiger partial charge >= 0.3 is 0 Å². The Balaban J connectivity index is 1.11. The highest BCUT2D eigenvalue weighted by Crippen LogP contribution is 2.52. The van der Waals surface area contributed by atoms with Crippen molar-refractivity contribution >= 4 is 22.9 Å². The van der Waals surface area contributed by atoms with Gasteiger partial charge in [0.25, 0.3) is 5.92 Å². The Bertz CT molecular complexity index is 1440. The van der Waals surface area contributed by atoms with Crippen LogP contribution in [-0.2, 0) is 29.3 Å². The number of hydrogen-bond acceptors (Lipinski definition) is 5.